The third kappa shape index (κ3) is 2.12. The zero-order valence-electron chi connectivity index (χ0n) is 10.5. The van der Waals surface area contributed by atoms with Gasteiger partial charge in [0.25, 0.3) is 0 Å². The molecule has 1 aromatic rings. The molecule has 0 radical (unpaired) electrons. The molecule has 0 spiro atoms. The van der Waals surface area contributed by atoms with E-state index in [1.54, 1.807) is 6.92 Å². The van der Waals surface area contributed by atoms with E-state index in [2.05, 4.69) is 18.9 Å². The Balaban J connectivity index is 2.40. The van der Waals surface area contributed by atoms with Crippen LogP contribution in [-0.2, 0) is 4.79 Å². The van der Waals surface area contributed by atoms with E-state index < -0.39 is 0 Å². The number of nitrogens with zero attached hydrogens (tertiary/aromatic N) is 1. The normalized spacial score (nSPS) is 29.5. The molecule has 3 heteroatoms. The monoisotopic (exact) mass is 251 g/mol. The van der Waals surface area contributed by atoms with Gasteiger partial charge in [-0.25, -0.2) is 0 Å². The second-order valence-electron chi connectivity index (χ2n) is 5.16. The lowest BCUT2D eigenvalue weighted by molar-refractivity contribution is -0.127. The summed E-state index contributed by atoms with van der Waals surface area (Å²) >= 11 is 5.91. The van der Waals surface area contributed by atoms with E-state index in [0.717, 1.165) is 18.0 Å². The fraction of sp³-hybridized carbons (Fsp3) is 0.500. The van der Waals surface area contributed by atoms with Gasteiger partial charge in [0, 0.05) is 16.5 Å². The third-order valence-electron chi connectivity index (χ3n) is 4.02. The molecule has 0 unspecified atom stereocenters. The molecule has 17 heavy (non-hydrogen) atoms. The molecule has 0 saturated carbocycles. The van der Waals surface area contributed by atoms with Crippen molar-refractivity contribution in [3.63, 3.8) is 0 Å². The number of rotatable bonds is 2. The van der Waals surface area contributed by atoms with Crippen LogP contribution in [0.3, 0.4) is 0 Å². The molecular weight excluding hydrogens is 234 g/mol. The third-order valence-corrected chi connectivity index (χ3v) is 4.27. The van der Waals surface area contributed by atoms with Gasteiger partial charge in [-0.1, -0.05) is 30.7 Å². The minimum absolute atomic E-state index is 0.164. The van der Waals surface area contributed by atoms with Gasteiger partial charge in [0.2, 0.25) is 0 Å². The number of carbonyl (C=O) groups is 1. The molecule has 92 valence electrons. The van der Waals surface area contributed by atoms with Crippen LogP contribution >= 0.6 is 11.6 Å². The molecule has 1 saturated heterocycles. The highest BCUT2D eigenvalue weighted by Crippen LogP contribution is 2.46. The zero-order valence-corrected chi connectivity index (χ0v) is 11.3. The fourth-order valence-electron chi connectivity index (χ4n) is 2.80. The van der Waals surface area contributed by atoms with Crippen molar-refractivity contribution in [2.75, 3.05) is 13.6 Å². The minimum atomic E-state index is -0.275. The lowest BCUT2D eigenvalue weighted by Crippen LogP contribution is -2.33. The highest BCUT2D eigenvalue weighted by Gasteiger charge is 2.46. The van der Waals surface area contributed by atoms with Gasteiger partial charge in [-0.3, -0.25) is 9.69 Å². The van der Waals surface area contributed by atoms with Crippen LogP contribution in [0, 0.1) is 5.41 Å². The van der Waals surface area contributed by atoms with Crippen LogP contribution in [0.25, 0.3) is 0 Å². The summed E-state index contributed by atoms with van der Waals surface area (Å²) in [5.41, 5.74) is 0.898. The van der Waals surface area contributed by atoms with Crippen molar-refractivity contribution in [1.29, 1.82) is 0 Å². The summed E-state index contributed by atoms with van der Waals surface area (Å²) in [6, 6.07) is 8.00. The van der Waals surface area contributed by atoms with E-state index in [4.69, 9.17) is 11.6 Å². The average molecular weight is 252 g/mol. The van der Waals surface area contributed by atoms with Crippen LogP contribution in [0.2, 0.25) is 5.02 Å². The molecule has 2 rings (SSSR count). The van der Waals surface area contributed by atoms with Crippen molar-refractivity contribution in [3.05, 3.63) is 34.9 Å². The Morgan fingerprint density at radius 3 is 2.53 bits per heavy atom. The largest absolute Gasteiger partial charge is 0.299 e. The molecule has 1 aromatic carbocycles. The summed E-state index contributed by atoms with van der Waals surface area (Å²) in [5, 5.41) is 0.735. The predicted molar refractivity (Wildman–Crippen MR) is 70.2 cm³/mol. The minimum Gasteiger partial charge on any atom is -0.299 e. The summed E-state index contributed by atoms with van der Waals surface area (Å²) in [4.78, 5) is 14.2. The Labute approximate surface area is 108 Å². The lowest BCUT2D eigenvalue weighted by Gasteiger charge is -2.32. The van der Waals surface area contributed by atoms with Crippen molar-refractivity contribution in [2.45, 2.75) is 26.3 Å². The first-order valence-corrected chi connectivity index (χ1v) is 6.29. The van der Waals surface area contributed by atoms with E-state index in [1.165, 1.54) is 5.56 Å². The first-order valence-electron chi connectivity index (χ1n) is 5.92. The number of ketones is 1. The Morgan fingerprint density at radius 2 is 2.00 bits per heavy atom. The molecule has 2 nitrogen and oxygen atoms in total. The number of hydrogen-bond acceptors (Lipinski definition) is 2. The van der Waals surface area contributed by atoms with E-state index >= 15 is 0 Å². The Kier molecular flexibility index (Phi) is 3.28. The smallest absolute Gasteiger partial charge is 0.137 e. The van der Waals surface area contributed by atoms with Crippen molar-refractivity contribution < 1.29 is 4.79 Å². The summed E-state index contributed by atoms with van der Waals surface area (Å²) < 4.78 is 0. The van der Waals surface area contributed by atoms with Crippen molar-refractivity contribution in [1.82, 2.24) is 4.90 Å². The second-order valence-corrected chi connectivity index (χ2v) is 5.59. The quantitative estimate of drug-likeness (QED) is 0.804. The molecule has 1 aliphatic rings. The van der Waals surface area contributed by atoms with Gasteiger partial charge in [0.1, 0.15) is 5.78 Å². The second kappa shape index (κ2) is 4.43. The van der Waals surface area contributed by atoms with Gasteiger partial charge in [-0.05, 0) is 44.6 Å². The van der Waals surface area contributed by atoms with Crippen LogP contribution < -0.4 is 0 Å². The van der Waals surface area contributed by atoms with Crippen LogP contribution in [0.4, 0.5) is 0 Å². The van der Waals surface area contributed by atoms with Crippen molar-refractivity contribution in [3.8, 4) is 0 Å². The molecule has 1 aliphatic heterocycles. The first kappa shape index (κ1) is 12.6. The maximum absolute atomic E-state index is 11.9. The highest BCUT2D eigenvalue weighted by molar-refractivity contribution is 6.30. The predicted octanol–water partition coefficient (Wildman–Crippen LogP) is 3.31. The standard InChI is InChI=1S/C14H18ClNO/c1-10(17)14(2)8-9-16(3)13(14)11-4-6-12(15)7-5-11/h4-7,13H,8-9H2,1-3H3/t13-,14+/m1/s1. The molecule has 0 N–H and O–H groups in total. The highest BCUT2D eigenvalue weighted by atomic mass is 35.5. The van der Waals surface area contributed by atoms with Crippen LogP contribution in [0.1, 0.15) is 31.9 Å². The Morgan fingerprint density at radius 1 is 1.41 bits per heavy atom. The van der Waals surface area contributed by atoms with Crippen LogP contribution in [0.5, 0.6) is 0 Å². The summed E-state index contributed by atoms with van der Waals surface area (Å²) in [5.74, 6) is 0.266. The first-order chi connectivity index (χ1) is 7.95. The molecule has 2 atom stereocenters. The fourth-order valence-corrected chi connectivity index (χ4v) is 2.92. The number of likely N-dealkylation sites (tertiary alicyclic amines) is 1. The molecule has 0 aromatic heterocycles. The van der Waals surface area contributed by atoms with Gasteiger partial charge in [0.15, 0.2) is 0 Å². The number of halogens is 1. The van der Waals surface area contributed by atoms with Gasteiger partial charge in [-0.15, -0.1) is 0 Å². The molecule has 1 fully saturated rings. The summed E-state index contributed by atoms with van der Waals surface area (Å²) in [7, 11) is 2.08. The summed E-state index contributed by atoms with van der Waals surface area (Å²) in [6.07, 6.45) is 0.923. The number of carbonyl (C=O) groups excluding carboxylic acids is 1. The van der Waals surface area contributed by atoms with E-state index in [9.17, 15) is 4.79 Å². The van der Waals surface area contributed by atoms with Gasteiger partial charge in [0.05, 0.1) is 0 Å². The van der Waals surface area contributed by atoms with Crippen molar-refractivity contribution >= 4 is 17.4 Å². The molecular formula is C14H18ClNO. The number of benzene rings is 1. The molecule has 0 bridgehead atoms. The Hall–Kier alpha value is -0.860. The topological polar surface area (TPSA) is 20.3 Å². The van der Waals surface area contributed by atoms with Crippen LogP contribution in [0.15, 0.2) is 24.3 Å². The van der Waals surface area contributed by atoms with E-state index in [1.807, 2.05) is 24.3 Å². The van der Waals surface area contributed by atoms with E-state index in [0.29, 0.717) is 0 Å². The van der Waals surface area contributed by atoms with Crippen LogP contribution in [-0.4, -0.2) is 24.3 Å². The maximum Gasteiger partial charge on any atom is 0.137 e. The number of Topliss-reactive ketones (excluding diaryl/α,β-unsaturated/α-hetero) is 1. The van der Waals surface area contributed by atoms with Gasteiger partial charge >= 0.3 is 0 Å². The van der Waals surface area contributed by atoms with Crippen molar-refractivity contribution in [2.24, 2.45) is 5.41 Å². The molecule has 0 amide bonds. The zero-order chi connectivity index (χ0) is 12.6. The summed E-state index contributed by atoms with van der Waals surface area (Å²) in [6.45, 7) is 4.73. The van der Waals surface area contributed by atoms with Gasteiger partial charge in [-0.2, -0.15) is 0 Å². The molecule has 1 heterocycles. The average Bonchev–Trinajstić information content (AvgIpc) is 2.58. The lowest BCUT2D eigenvalue weighted by atomic mass is 9.76. The van der Waals surface area contributed by atoms with E-state index in [-0.39, 0.29) is 17.2 Å². The number of hydrogen-bond donors (Lipinski definition) is 0. The van der Waals surface area contributed by atoms with Gasteiger partial charge < -0.3 is 0 Å². The Bertz CT molecular complexity index is 428. The maximum atomic E-state index is 11.9. The SMILES string of the molecule is CC(=O)[C@]1(C)CCN(C)[C@@H]1c1ccc(Cl)cc1. The molecule has 0 aliphatic carbocycles.